The van der Waals surface area contributed by atoms with Crippen molar-refractivity contribution in [3.05, 3.63) is 23.5 Å². The van der Waals surface area contributed by atoms with Gasteiger partial charge in [0.05, 0.1) is 0 Å². The first-order valence-corrected chi connectivity index (χ1v) is 3.99. The van der Waals surface area contributed by atoms with Crippen molar-refractivity contribution in [2.45, 2.75) is 13.3 Å². The van der Waals surface area contributed by atoms with Crippen molar-refractivity contribution in [1.29, 1.82) is 0 Å². The molecule has 0 bridgehead atoms. The quantitative estimate of drug-likeness (QED) is 0.715. The molecule has 13 heavy (non-hydrogen) atoms. The second-order valence-electron chi connectivity index (χ2n) is 2.81. The molecule has 1 heterocycles. The Morgan fingerprint density at radius 2 is 2.15 bits per heavy atom. The zero-order valence-electron chi connectivity index (χ0n) is 7.57. The van der Waals surface area contributed by atoms with Crippen LogP contribution in [0.1, 0.15) is 34.2 Å². The van der Waals surface area contributed by atoms with E-state index in [0.29, 0.717) is 12.0 Å². The predicted molar refractivity (Wildman–Crippen MR) is 47.0 cm³/mol. The normalized spacial score (nSPS) is 10.0. The average Bonchev–Trinajstić information content (AvgIpc) is 2.46. The Kier molecular flexibility index (Phi) is 2.51. The predicted octanol–water partition coefficient (Wildman–Crippen LogP) is 1.32. The molecule has 0 aliphatic carbocycles. The lowest BCUT2D eigenvalue weighted by Crippen LogP contribution is -2.02. The zero-order chi connectivity index (χ0) is 10.0. The van der Waals surface area contributed by atoms with E-state index < -0.39 is 5.97 Å². The summed E-state index contributed by atoms with van der Waals surface area (Å²) in [6, 6.07) is 1.40. The monoisotopic (exact) mass is 181 g/mol. The summed E-state index contributed by atoms with van der Waals surface area (Å²) in [6.45, 7) is 1.75. The molecule has 0 atom stereocenters. The Morgan fingerprint density at radius 3 is 2.54 bits per heavy atom. The minimum absolute atomic E-state index is 0.0388. The Balaban J connectivity index is 3.09. The van der Waals surface area contributed by atoms with Gasteiger partial charge in [-0.1, -0.05) is 6.92 Å². The van der Waals surface area contributed by atoms with Gasteiger partial charge in [-0.15, -0.1) is 0 Å². The number of nitrogens with zero attached hydrogens (tertiary/aromatic N) is 1. The van der Waals surface area contributed by atoms with Crippen LogP contribution in [0, 0.1) is 0 Å². The maximum Gasteiger partial charge on any atom is 0.352 e. The molecule has 0 unspecified atom stereocenters. The maximum absolute atomic E-state index is 11.2. The van der Waals surface area contributed by atoms with Crippen molar-refractivity contribution in [1.82, 2.24) is 4.57 Å². The summed E-state index contributed by atoms with van der Waals surface area (Å²) in [6.07, 6.45) is 1.93. The summed E-state index contributed by atoms with van der Waals surface area (Å²) in [4.78, 5) is 21.8. The fourth-order valence-electron chi connectivity index (χ4n) is 1.13. The van der Waals surface area contributed by atoms with Crippen LogP contribution in [0.4, 0.5) is 0 Å². The van der Waals surface area contributed by atoms with E-state index in [4.69, 9.17) is 5.11 Å². The van der Waals surface area contributed by atoms with Crippen LogP contribution in [0.2, 0.25) is 0 Å². The number of carboxylic acid groups (broad SMARTS) is 1. The van der Waals surface area contributed by atoms with Crippen LogP contribution in [-0.2, 0) is 7.05 Å². The van der Waals surface area contributed by atoms with Crippen LogP contribution >= 0.6 is 0 Å². The summed E-state index contributed by atoms with van der Waals surface area (Å²) < 4.78 is 1.44. The lowest BCUT2D eigenvalue weighted by atomic mass is 10.2. The Morgan fingerprint density at radius 1 is 1.54 bits per heavy atom. The summed E-state index contributed by atoms with van der Waals surface area (Å²) in [5, 5.41) is 8.70. The van der Waals surface area contributed by atoms with Crippen molar-refractivity contribution in [2.24, 2.45) is 7.05 Å². The van der Waals surface area contributed by atoms with Gasteiger partial charge in [-0.3, -0.25) is 4.79 Å². The van der Waals surface area contributed by atoms with Crippen LogP contribution in [0.3, 0.4) is 0 Å². The molecule has 1 aromatic heterocycles. The first-order valence-electron chi connectivity index (χ1n) is 3.99. The average molecular weight is 181 g/mol. The van der Waals surface area contributed by atoms with Crippen molar-refractivity contribution in [3.63, 3.8) is 0 Å². The van der Waals surface area contributed by atoms with Crippen molar-refractivity contribution < 1.29 is 14.7 Å². The highest BCUT2D eigenvalue weighted by atomic mass is 16.4. The molecular weight excluding hydrogens is 170 g/mol. The van der Waals surface area contributed by atoms with E-state index in [1.54, 1.807) is 14.0 Å². The summed E-state index contributed by atoms with van der Waals surface area (Å²) in [7, 11) is 1.61. The van der Waals surface area contributed by atoms with E-state index in [1.807, 2.05) is 0 Å². The lowest BCUT2D eigenvalue weighted by molar-refractivity contribution is 0.0686. The fourth-order valence-corrected chi connectivity index (χ4v) is 1.13. The molecule has 0 aliphatic heterocycles. The number of aryl methyl sites for hydroxylation is 1. The molecule has 0 saturated heterocycles. The van der Waals surface area contributed by atoms with Gasteiger partial charge in [0.25, 0.3) is 0 Å². The molecule has 0 spiro atoms. The molecule has 70 valence electrons. The number of carbonyl (C=O) groups is 2. The van der Waals surface area contributed by atoms with E-state index in [-0.39, 0.29) is 11.5 Å². The Bertz CT molecular complexity index is 352. The Hall–Kier alpha value is -1.58. The molecule has 0 radical (unpaired) electrons. The van der Waals surface area contributed by atoms with Crippen LogP contribution in [0.25, 0.3) is 0 Å². The highest BCUT2D eigenvalue weighted by Crippen LogP contribution is 2.09. The molecule has 0 aromatic carbocycles. The SMILES string of the molecule is CCC(=O)c1cc(C(=O)O)n(C)c1. The number of ketones is 1. The van der Waals surface area contributed by atoms with E-state index in [9.17, 15) is 9.59 Å². The van der Waals surface area contributed by atoms with E-state index in [1.165, 1.54) is 16.8 Å². The standard InChI is InChI=1S/C9H11NO3/c1-3-8(11)6-4-7(9(12)13)10(2)5-6/h4-5H,3H2,1-2H3,(H,12,13). The molecule has 4 nitrogen and oxygen atoms in total. The minimum atomic E-state index is -1.02. The van der Waals surface area contributed by atoms with Crippen molar-refractivity contribution in [2.75, 3.05) is 0 Å². The van der Waals surface area contributed by atoms with Gasteiger partial charge in [0, 0.05) is 25.2 Å². The number of carbonyl (C=O) groups excluding carboxylic acids is 1. The molecule has 1 N–H and O–H groups in total. The van der Waals surface area contributed by atoms with E-state index >= 15 is 0 Å². The maximum atomic E-state index is 11.2. The topological polar surface area (TPSA) is 59.3 Å². The van der Waals surface area contributed by atoms with Crippen molar-refractivity contribution >= 4 is 11.8 Å². The van der Waals surface area contributed by atoms with Crippen molar-refractivity contribution in [3.8, 4) is 0 Å². The second-order valence-corrected chi connectivity index (χ2v) is 2.81. The number of aromatic nitrogens is 1. The van der Waals surface area contributed by atoms with Gasteiger partial charge >= 0.3 is 5.97 Å². The number of hydrogen-bond acceptors (Lipinski definition) is 2. The number of rotatable bonds is 3. The van der Waals surface area contributed by atoms with Gasteiger partial charge < -0.3 is 9.67 Å². The molecule has 0 fully saturated rings. The third-order valence-electron chi connectivity index (χ3n) is 1.87. The minimum Gasteiger partial charge on any atom is -0.477 e. The Labute approximate surface area is 75.8 Å². The third-order valence-corrected chi connectivity index (χ3v) is 1.87. The van der Waals surface area contributed by atoms with E-state index in [2.05, 4.69) is 0 Å². The van der Waals surface area contributed by atoms with Gasteiger partial charge in [-0.2, -0.15) is 0 Å². The van der Waals surface area contributed by atoms with Crippen LogP contribution in [-0.4, -0.2) is 21.4 Å². The molecule has 0 amide bonds. The highest BCUT2D eigenvalue weighted by Gasteiger charge is 2.12. The van der Waals surface area contributed by atoms with Crippen LogP contribution < -0.4 is 0 Å². The largest absolute Gasteiger partial charge is 0.477 e. The number of aromatic carboxylic acids is 1. The first-order chi connectivity index (χ1) is 6.06. The van der Waals surface area contributed by atoms with Crippen LogP contribution in [0.5, 0.6) is 0 Å². The van der Waals surface area contributed by atoms with Gasteiger partial charge in [-0.05, 0) is 6.07 Å². The summed E-state index contributed by atoms with van der Waals surface area (Å²) >= 11 is 0. The summed E-state index contributed by atoms with van der Waals surface area (Å²) in [5.74, 6) is -1.05. The number of carboxylic acids is 1. The zero-order valence-corrected chi connectivity index (χ0v) is 7.57. The second kappa shape index (κ2) is 3.43. The molecule has 0 aliphatic rings. The molecule has 0 saturated carbocycles. The highest BCUT2D eigenvalue weighted by molar-refractivity contribution is 5.98. The molecule has 1 rings (SSSR count). The van der Waals surface area contributed by atoms with E-state index in [0.717, 1.165) is 0 Å². The lowest BCUT2D eigenvalue weighted by Gasteiger charge is -1.93. The number of Topliss-reactive ketones (excluding diaryl/α,β-unsaturated/α-hetero) is 1. The van der Waals surface area contributed by atoms with Crippen LogP contribution in [0.15, 0.2) is 12.3 Å². The third kappa shape index (κ3) is 1.77. The van der Waals surface area contributed by atoms with Gasteiger partial charge in [0.1, 0.15) is 5.69 Å². The smallest absolute Gasteiger partial charge is 0.352 e. The first kappa shape index (κ1) is 9.51. The number of hydrogen-bond donors (Lipinski definition) is 1. The summed E-state index contributed by atoms with van der Waals surface area (Å²) in [5.41, 5.74) is 0.596. The fraction of sp³-hybridized carbons (Fsp3) is 0.333. The molecule has 1 aromatic rings. The van der Waals surface area contributed by atoms with Gasteiger partial charge in [-0.25, -0.2) is 4.79 Å². The van der Waals surface area contributed by atoms with Gasteiger partial charge in [0.15, 0.2) is 5.78 Å². The molecule has 4 heteroatoms. The molecular formula is C9H11NO3. The van der Waals surface area contributed by atoms with Gasteiger partial charge in [0.2, 0.25) is 0 Å².